The Morgan fingerprint density at radius 2 is 2.08 bits per heavy atom. The second-order valence-corrected chi connectivity index (χ2v) is 1.97. The maximum absolute atomic E-state index is 4.05. The summed E-state index contributed by atoms with van der Waals surface area (Å²) in [6.07, 6.45) is 10.7. The Morgan fingerprint density at radius 1 is 1.38 bits per heavy atom. The summed E-state index contributed by atoms with van der Waals surface area (Å²) in [7, 11) is 0. The van der Waals surface area contributed by atoms with Crippen LogP contribution in [0.1, 0.15) is 19.7 Å². The molecule has 0 N–H and O–H groups in total. The minimum absolute atomic E-state index is 0.836. The van der Waals surface area contributed by atoms with Gasteiger partial charge in [-0.15, -0.1) is 0 Å². The van der Waals surface area contributed by atoms with Gasteiger partial charge < -0.3 is 4.57 Å². The van der Waals surface area contributed by atoms with Crippen LogP contribution in [0.5, 0.6) is 0 Å². The largest absolute Gasteiger partial charge is 0.307 e. The highest BCUT2D eigenvalue weighted by Crippen LogP contribution is 1.98. The van der Waals surface area contributed by atoms with Gasteiger partial charge in [0, 0.05) is 18.6 Å². The van der Waals surface area contributed by atoms with E-state index in [1.807, 2.05) is 36.9 Å². The fraction of sp³-hybridized carbons (Fsp3) is 0.182. The average molecular weight is 176 g/mol. The van der Waals surface area contributed by atoms with Crippen LogP contribution in [0.15, 0.2) is 37.7 Å². The Balaban J connectivity index is 0.000000671. The molecule has 1 aromatic heterocycles. The first kappa shape index (κ1) is 11.4. The third-order valence-corrected chi connectivity index (χ3v) is 1.26. The van der Waals surface area contributed by atoms with E-state index in [9.17, 15) is 0 Å². The van der Waals surface area contributed by atoms with Crippen molar-refractivity contribution in [3.05, 3.63) is 43.5 Å². The third-order valence-electron chi connectivity index (χ3n) is 1.26. The molecule has 0 aliphatic carbocycles. The highest BCUT2D eigenvalue weighted by atomic mass is 15.0. The van der Waals surface area contributed by atoms with Crippen molar-refractivity contribution in [3.63, 3.8) is 0 Å². The molecule has 0 unspecified atom stereocenters. The monoisotopic (exact) mass is 176 g/mol. The van der Waals surface area contributed by atoms with E-state index in [4.69, 9.17) is 0 Å². The minimum Gasteiger partial charge on any atom is -0.307 e. The molecule has 1 rings (SSSR count). The van der Waals surface area contributed by atoms with Gasteiger partial charge >= 0.3 is 0 Å². The normalized spacial score (nSPS) is 9.08. The summed E-state index contributed by atoms with van der Waals surface area (Å²) in [5, 5.41) is 0. The fourth-order valence-electron chi connectivity index (χ4n) is 0.762. The summed E-state index contributed by atoms with van der Waals surface area (Å²) in [4.78, 5) is 4.05. The van der Waals surface area contributed by atoms with Gasteiger partial charge in [-0.1, -0.05) is 33.1 Å². The zero-order valence-corrected chi connectivity index (χ0v) is 8.27. The molecular formula is C11H16N2. The molecule has 0 aromatic carbocycles. The minimum atomic E-state index is 0.836. The molecule has 0 atom stereocenters. The van der Waals surface area contributed by atoms with E-state index in [1.165, 1.54) is 0 Å². The second-order valence-electron chi connectivity index (χ2n) is 1.97. The van der Waals surface area contributed by atoms with Gasteiger partial charge in [-0.05, 0) is 12.2 Å². The Kier molecular flexibility index (Phi) is 6.24. The van der Waals surface area contributed by atoms with Crippen molar-refractivity contribution >= 4 is 12.3 Å². The number of nitrogens with zero attached hydrogens (tertiary/aromatic N) is 2. The molecule has 0 saturated heterocycles. The molecule has 1 aromatic rings. The lowest BCUT2D eigenvalue weighted by atomic mass is 10.5. The van der Waals surface area contributed by atoms with Gasteiger partial charge in [0.15, 0.2) is 0 Å². The molecule has 13 heavy (non-hydrogen) atoms. The summed E-state index contributed by atoms with van der Waals surface area (Å²) in [5.74, 6) is 0.836. The van der Waals surface area contributed by atoms with Gasteiger partial charge in [0.2, 0.25) is 0 Å². The molecule has 0 aliphatic rings. The van der Waals surface area contributed by atoms with E-state index in [2.05, 4.69) is 18.1 Å². The van der Waals surface area contributed by atoms with Crippen LogP contribution >= 0.6 is 0 Å². The highest BCUT2D eigenvalue weighted by molar-refractivity contribution is 5.43. The Bertz CT molecular complexity index is 282. The first-order valence-corrected chi connectivity index (χ1v) is 4.33. The van der Waals surface area contributed by atoms with Gasteiger partial charge in [0.25, 0.3) is 0 Å². The SMILES string of the molecule is C=C/C=C\n1ccnc1C=C.CC. The molecule has 0 radical (unpaired) electrons. The molecule has 1 heterocycles. The number of aromatic nitrogens is 2. The van der Waals surface area contributed by atoms with E-state index in [0.29, 0.717) is 0 Å². The molecule has 2 nitrogen and oxygen atoms in total. The Labute approximate surface area is 79.9 Å². The van der Waals surface area contributed by atoms with E-state index < -0.39 is 0 Å². The van der Waals surface area contributed by atoms with Gasteiger partial charge in [-0.3, -0.25) is 0 Å². The maximum Gasteiger partial charge on any atom is 0.136 e. The number of hydrogen-bond donors (Lipinski definition) is 0. The van der Waals surface area contributed by atoms with Crippen molar-refractivity contribution in [1.82, 2.24) is 9.55 Å². The predicted octanol–water partition coefficient (Wildman–Crippen LogP) is 3.21. The molecule has 0 fully saturated rings. The maximum atomic E-state index is 4.05. The standard InChI is InChI=1S/C9H10N2.C2H6/c1-3-5-7-11-8-6-10-9(11)4-2;1-2/h3-8H,1-2H2;1-2H3/b7-5-;. The summed E-state index contributed by atoms with van der Waals surface area (Å²) in [6, 6.07) is 0. The summed E-state index contributed by atoms with van der Waals surface area (Å²) < 4.78 is 1.87. The molecule has 0 bridgehead atoms. The number of allylic oxidation sites excluding steroid dienone is 2. The van der Waals surface area contributed by atoms with Crippen LogP contribution in [0.4, 0.5) is 0 Å². The smallest absolute Gasteiger partial charge is 0.136 e. The van der Waals surface area contributed by atoms with Crippen molar-refractivity contribution in [2.75, 3.05) is 0 Å². The van der Waals surface area contributed by atoms with Crippen molar-refractivity contribution in [2.24, 2.45) is 0 Å². The molecule has 2 heteroatoms. The van der Waals surface area contributed by atoms with Crippen LogP contribution in [0, 0.1) is 0 Å². The van der Waals surface area contributed by atoms with Gasteiger partial charge in [-0.25, -0.2) is 4.98 Å². The molecule has 0 aliphatic heterocycles. The van der Waals surface area contributed by atoms with Crippen LogP contribution in [-0.4, -0.2) is 9.55 Å². The van der Waals surface area contributed by atoms with Crippen LogP contribution in [0.2, 0.25) is 0 Å². The van der Waals surface area contributed by atoms with Crippen molar-refractivity contribution < 1.29 is 0 Å². The zero-order valence-electron chi connectivity index (χ0n) is 8.27. The summed E-state index contributed by atoms with van der Waals surface area (Å²) >= 11 is 0. The zero-order chi connectivity index (χ0) is 10.1. The molecule has 0 saturated carbocycles. The predicted molar refractivity (Wildman–Crippen MR) is 59.2 cm³/mol. The van der Waals surface area contributed by atoms with E-state index in [0.717, 1.165) is 5.82 Å². The van der Waals surface area contributed by atoms with E-state index >= 15 is 0 Å². The van der Waals surface area contributed by atoms with Crippen LogP contribution in [0.25, 0.3) is 12.3 Å². The molecule has 70 valence electrons. The van der Waals surface area contributed by atoms with E-state index in [1.54, 1.807) is 18.3 Å². The van der Waals surface area contributed by atoms with Crippen molar-refractivity contribution in [3.8, 4) is 0 Å². The van der Waals surface area contributed by atoms with Crippen molar-refractivity contribution in [1.29, 1.82) is 0 Å². The van der Waals surface area contributed by atoms with E-state index in [-0.39, 0.29) is 0 Å². The lowest BCUT2D eigenvalue weighted by Gasteiger charge is -1.93. The Hall–Kier alpha value is -1.57. The van der Waals surface area contributed by atoms with Crippen LogP contribution in [0.3, 0.4) is 0 Å². The number of imidazole rings is 1. The van der Waals surface area contributed by atoms with Gasteiger partial charge in [0.1, 0.15) is 5.82 Å². The lowest BCUT2D eigenvalue weighted by molar-refractivity contribution is 1.11. The molecule has 0 amide bonds. The van der Waals surface area contributed by atoms with Crippen LogP contribution < -0.4 is 0 Å². The molecular weight excluding hydrogens is 160 g/mol. The average Bonchev–Trinajstić information content (AvgIpc) is 2.65. The molecule has 0 spiro atoms. The highest BCUT2D eigenvalue weighted by Gasteiger charge is 1.90. The quantitative estimate of drug-likeness (QED) is 0.647. The Morgan fingerprint density at radius 3 is 2.62 bits per heavy atom. The lowest BCUT2D eigenvalue weighted by Crippen LogP contribution is -1.86. The van der Waals surface area contributed by atoms with Gasteiger partial charge in [0.05, 0.1) is 0 Å². The first-order valence-electron chi connectivity index (χ1n) is 4.33. The second kappa shape index (κ2) is 7.10. The topological polar surface area (TPSA) is 17.8 Å². The summed E-state index contributed by atoms with van der Waals surface area (Å²) in [6.45, 7) is 11.2. The third kappa shape index (κ3) is 3.56. The van der Waals surface area contributed by atoms with Crippen LogP contribution in [-0.2, 0) is 0 Å². The van der Waals surface area contributed by atoms with Gasteiger partial charge in [-0.2, -0.15) is 0 Å². The number of hydrogen-bond acceptors (Lipinski definition) is 1. The first-order chi connectivity index (χ1) is 6.38. The number of rotatable bonds is 3. The fourth-order valence-corrected chi connectivity index (χ4v) is 0.762. The van der Waals surface area contributed by atoms with Crippen molar-refractivity contribution in [2.45, 2.75) is 13.8 Å². The summed E-state index contributed by atoms with van der Waals surface area (Å²) in [5.41, 5.74) is 0.